The lowest BCUT2D eigenvalue weighted by molar-refractivity contribution is -0.0159. The Morgan fingerprint density at radius 2 is 2.33 bits per heavy atom. The van der Waals surface area contributed by atoms with E-state index in [1.807, 2.05) is 0 Å². The summed E-state index contributed by atoms with van der Waals surface area (Å²) in [5, 5.41) is 10.8. The van der Waals surface area contributed by atoms with Gasteiger partial charge in [0.05, 0.1) is 13.2 Å². The van der Waals surface area contributed by atoms with Crippen LogP contribution in [0.2, 0.25) is 5.02 Å². The lowest BCUT2D eigenvalue weighted by atomic mass is 10.0. The molecule has 1 aromatic carbocycles. The Bertz CT molecular complexity index is 686. The number of nitrogens with one attached hydrogen (secondary N) is 1. The van der Waals surface area contributed by atoms with Gasteiger partial charge in [0.25, 0.3) is 0 Å². The molecule has 0 unspecified atom stereocenters. The topological polar surface area (TPSA) is 86.3 Å². The van der Waals surface area contributed by atoms with Crippen LogP contribution in [0.25, 0.3) is 11.3 Å². The van der Waals surface area contributed by atoms with Gasteiger partial charge in [0.1, 0.15) is 11.4 Å². The molecule has 0 fully saturated rings. The highest BCUT2D eigenvalue weighted by molar-refractivity contribution is 6.31. The number of carbonyl (C=O) groups excluding carboxylic acids is 1. The largest absolute Gasteiger partial charge is 0.466 e. The van der Waals surface area contributed by atoms with E-state index in [1.165, 1.54) is 0 Å². The van der Waals surface area contributed by atoms with Crippen molar-refractivity contribution in [2.75, 3.05) is 13.4 Å². The van der Waals surface area contributed by atoms with Gasteiger partial charge in [0.15, 0.2) is 12.5 Å². The molecule has 1 aliphatic rings. The summed E-state index contributed by atoms with van der Waals surface area (Å²) in [6.45, 7) is 2.49. The number of nitrogens with zero attached hydrogens (tertiary/aromatic N) is 2. The fraction of sp³-hybridized carbons (Fsp3) is 0.308. The van der Waals surface area contributed by atoms with Crippen LogP contribution in [0.5, 0.6) is 5.75 Å². The van der Waals surface area contributed by atoms with Crippen molar-refractivity contribution in [3.05, 3.63) is 28.4 Å². The standard InChI is InChI=1S/C13H12ClN3O4/c1-2-20-13(18)11-10(15-17-16-11)9-4-8(14)3-7-5-19-6-21-12(7)9/h3-4H,2,5-6H2,1H3,(H,15,16,17). The van der Waals surface area contributed by atoms with Crippen molar-refractivity contribution >= 4 is 17.6 Å². The van der Waals surface area contributed by atoms with E-state index in [1.54, 1.807) is 19.1 Å². The van der Waals surface area contributed by atoms with E-state index in [-0.39, 0.29) is 19.1 Å². The Labute approximate surface area is 125 Å². The van der Waals surface area contributed by atoms with Crippen LogP contribution in [0.4, 0.5) is 0 Å². The van der Waals surface area contributed by atoms with E-state index in [0.29, 0.717) is 28.6 Å². The molecule has 2 aromatic rings. The van der Waals surface area contributed by atoms with Crippen molar-refractivity contribution in [2.24, 2.45) is 0 Å². The lowest BCUT2D eigenvalue weighted by Gasteiger charge is -2.20. The van der Waals surface area contributed by atoms with Crippen molar-refractivity contribution < 1.29 is 19.0 Å². The van der Waals surface area contributed by atoms with Gasteiger partial charge in [-0.2, -0.15) is 10.3 Å². The first-order valence-corrected chi connectivity index (χ1v) is 6.69. The van der Waals surface area contributed by atoms with E-state index in [9.17, 15) is 4.79 Å². The van der Waals surface area contributed by atoms with Crippen molar-refractivity contribution in [1.29, 1.82) is 0 Å². The molecule has 1 aromatic heterocycles. The van der Waals surface area contributed by atoms with Gasteiger partial charge < -0.3 is 14.2 Å². The quantitative estimate of drug-likeness (QED) is 0.874. The Hall–Kier alpha value is -2.12. The second-order valence-electron chi connectivity index (χ2n) is 4.29. The number of fused-ring (bicyclic) bond motifs is 1. The SMILES string of the molecule is CCOC(=O)c1n[nH]nc1-c1cc(Cl)cc2c1OCOC2. The van der Waals surface area contributed by atoms with Gasteiger partial charge in [0, 0.05) is 16.1 Å². The average Bonchev–Trinajstić information content (AvgIpc) is 2.96. The molecule has 0 aliphatic carbocycles. The number of benzene rings is 1. The number of H-pyrrole nitrogens is 1. The Kier molecular flexibility index (Phi) is 3.76. The first kappa shape index (κ1) is 13.8. The van der Waals surface area contributed by atoms with Gasteiger partial charge in [-0.25, -0.2) is 4.79 Å². The van der Waals surface area contributed by atoms with E-state index in [4.69, 9.17) is 25.8 Å². The van der Waals surface area contributed by atoms with Crippen LogP contribution >= 0.6 is 11.6 Å². The maximum atomic E-state index is 11.9. The van der Waals surface area contributed by atoms with Crippen molar-refractivity contribution in [3.63, 3.8) is 0 Å². The predicted octanol–water partition coefficient (Wildman–Crippen LogP) is 2.17. The zero-order valence-electron chi connectivity index (χ0n) is 11.2. The average molecular weight is 310 g/mol. The molecule has 2 heterocycles. The zero-order valence-corrected chi connectivity index (χ0v) is 11.9. The van der Waals surface area contributed by atoms with E-state index >= 15 is 0 Å². The minimum Gasteiger partial charge on any atom is -0.466 e. The van der Waals surface area contributed by atoms with Gasteiger partial charge in [-0.05, 0) is 19.1 Å². The van der Waals surface area contributed by atoms with Crippen LogP contribution in [0, 0.1) is 0 Å². The molecule has 0 saturated heterocycles. The summed E-state index contributed by atoms with van der Waals surface area (Å²) in [6, 6.07) is 3.43. The predicted molar refractivity (Wildman–Crippen MR) is 73.1 cm³/mol. The maximum absolute atomic E-state index is 11.9. The first-order valence-electron chi connectivity index (χ1n) is 6.32. The van der Waals surface area contributed by atoms with E-state index in [0.717, 1.165) is 5.56 Å². The molecule has 0 radical (unpaired) electrons. The Morgan fingerprint density at radius 1 is 1.48 bits per heavy atom. The van der Waals surface area contributed by atoms with Gasteiger partial charge in [-0.15, -0.1) is 5.10 Å². The number of aromatic amines is 1. The van der Waals surface area contributed by atoms with Crippen molar-refractivity contribution in [1.82, 2.24) is 15.4 Å². The number of rotatable bonds is 3. The monoisotopic (exact) mass is 309 g/mol. The highest BCUT2D eigenvalue weighted by Gasteiger charge is 2.25. The molecular formula is C13H12ClN3O4. The number of ether oxygens (including phenoxy) is 3. The summed E-state index contributed by atoms with van der Waals surface area (Å²) < 4.78 is 15.7. The molecule has 8 heteroatoms. The highest BCUT2D eigenvalue weighted by Crippen LogP contribution is 2.38. The summed E-state index contributed by atoms with van der Waals surface area (Å²) >= 11 is 6.11. The molecule has 0 saturated carbocycles. The fourth-order valence-electron chi connectivity index (χ4n) is 2.12. The highest BCUT2D eigenvalue weighted by atomic mass is 35.5. The summed E-state index contributed by atoms with van der Waals surface area (Å²) in [6.07, 6.45) is 0. The minimum atomic E-state index is -0.554. The molecule has 0 atom stereocenters. The lowest BCUT2D eigenvalue weighted by Crippen LogP contribution is -2.13. The van der Waals surface area contributed by atoms with Crippen LogP contribution in [0.1, 0.15) is 23.0 Å². The maximum Gasteiger partial charge on any atom is 0.361 e. The second kappa shape index (κ2) is 5.71. The summed E-state index contributed by atoms with van der Waals surface area (Å²) in [4.78, 5) is 11.9. The molecular weight excluding hydrogens is 298 g/mol. The van der Waals surface area contributed by atoms with Crippen molar-refractivity contribution in [2.45, 2.75) is 13.5 Å². The molecule has 3 rings (SSSR count). The Morgan fingerprint density at radius 3 is 3.14 bits per heavy atom. The minimum absolute atomic E-state index is 0.0939. The number of carbonyl (C=O) groups is 1. The molecule has 1 N–H and O–H groups in total. The third-order valence-electron chi connectivity index (χ3n) is 2.95. The summed E-state index contributed by atoms with van der Waals surface area (Å²) in [5.74, 6) is 0.0344. The first-order chi connectivity index (χ1) is 10.2. The van der Waals surface area contributed by atoms with E-state index in [2.05, 4.69) is 15.4 Å². The number of aromatic nitrogens is 3. The molecule has 21 heavy (non-hydrogen) atoms. The Balaban J connectivity index is 2.11. The summed E-state index contributed by atoms with van der Waals surface area (Å²) in [7, 11) is 0. The van der Waals surface area contributed by atoms with Gasteiger partial charge >= 0.3 is 5.97 Å². The molecule has 1 aliphatic heterocycles. The zero-order chi connectivity index (χ0) is 14.8. The molecule has 110 valence electrons. The number of halogens is 1. The molecule has 0 spiro atoms. The number of hydrogen-bond acceptors (Lipinski definition) is 6. The van der Waals surface area contributed by atoms with Gasteiger partial charge in [-0.1, -0.05) is 11.6 Å². The van der Waals surface area contributed by atoms with E-state index < -0.39 is 5.97 Å². The third kappa shape index (κ3) is 2.57. The van der Waals surface area contributed by atoms with Crippen LogP contribution < -0.4 is 4.74 Å². The molecule has 0 amide bonds. The fourth-order valence-corrected chi connectivity index (χ4v) is 2.36. The van der Waals surface area contributed by atoms with Gasteiger partial charge in [-0.3, -0.25) is 0 Å². The smallest absolute Gasteiger partial charge is 0.361 e. The number of hydrogen-bond donors (Lipinski definition) is 1. The van der Waals surface area contributed by atoms with Crippen LogP contribution in [-0.2, 0) is 16.1 Å². The normalized spacial score (nSPS) is 13.4. The molecule has 0 bridgehead atoms. The van der Waals surface area contributed by atoms with Crippen LogP contribution in [0.3, 0.4) is 0 Å². The van der Waals surface area contributed by atoms with Crippen LogP contribution in [-0.4, -0.2) is 34.8 Å². The van der Waals surface area contributed by atoms with Crippen molar-refractivity contribution in [3.8, 4) is 17.0 Å². The van der Waals surface area contributed by atoms with Crippen LogP contribution in [0.15, 0.2) is 12.1 Å². The summed E-state index contributed by atoms with van der Waals surface area (Å²) in [5.41, 5.74) is 1.81. The molecule has 7 nitrogen and oxygen atoms in total. The third-order valence-corrected chi connectivity index (χ3v) is 3.16. The van der Waals surface area contributed by atoms with Gasteiger partial charge in [0.2, 0.25) is 0 Å². The number of esters is 1. The second-order valence-corrected chi connectivity index (χ2v) is 4.73.